The molecular weight excluding hydrogens is 446 g/mol. The average molecular weight is 478 g/mol. The van der Waals surface area contributed by atoms with Crippen molar-refractivity contribution in [2.75, 3.05) is 39.4 Å². The number of hydrogen-bond donors (Lipinski definition) is 0. The minimum atomic E-state index is -0.315. The fraction of sp³-hybridized carbons (Fsp3) is 0.462. The van der Waals surface area contributed by atoms with Gasteiger partial charge in [0.25, 0.3) is 5.91 Å². The zero-order valence-electron chi connectivity index (χ0n) is 20.0. The molecule has 1 atom stereocenters. The van der Waals surface area contributed by atoms with E-state index >= 15 is 0 Å². The second-order valence-corrected chi connectivity index (χ2v) is 9.43. The monoisotopic (exact) mass is 477 g/mol. The van der Waals surface area contributed by atoms with Gasteiger partial charge in [-0.1, -0.05) is 12.1 Å². The highest BCUT2D eigenvalue weighted by atomic mass is 16.5. The molecule has 0 aliphatic carbocycles. The Morgan fingerprint density at radius 3 is 2.83 bits per heavy atom. The van der Waals surface area contributed by atoms with Gasteiger partial charge in [-0.15, -0.1) is 0 Å². The summed E-state index contributed by atoms with van der Waals surface area (Å²) in [6, 6.07) is 7.67. The first-order valence-corrected chi connectivity index (χ1v) is 12.2. The summed E-state index contributed by atoms with van der Waals surface area (Å²) in [4.78, 5) is 38.8. The lowest BCUT2D eigenvalue weighted by Gasteiger charge is -2.30. The largest absolute Gasteiger partial charge is 0.381 e. The van der Waals surface area contributed by atoms with E-state index in [0.29, 0.717) is 43.5 Å². The number of aryl methyl sites for hydroxylation is 1. The molecule has 2 aliphatic heterocycles. The molecule has 2 aliphatic rings. The summed E-state index contributed by atoms with van der Waals surface area (Å²) in [6.45, 7) is 5.26. The number of ether oxygens (including phenoxy) is 2. The van der Waals surface area contributed by atoms with Crippen LogP contribution in [0.3, 0.4) is 0 Å². The van der Waals surface area contributed by atoms with Gasteiger partial charge in [0.2, 0.25) is 5.91 Å². The lowest BCUT2D eigenvalue weighted by molar-refractivity contribution is -0.132. The van der Waals surface area contributed by atoms with Crippen molar-refractivity contribution in [2.45, 2.75) is 32.5 Å². The third-order valence-corrected chi connectivity index (χ3v) is 6.66. The molecule has 5 heterocycles. The Morgan fingerprint density at radius 1 is 1.17 bits per heavy atom. The molecule has 9 heteroatoms. The predicted molar refractivity (Wildman–Crippen MR) is 129 cm³/mol. The van der Waals surface area contributed by atoms with E-state index in [1.807, 2.05) is 46.7 Å². The van der Waals surface area contributed by atoms with Crippen molar-refractivity contribution in [1.29, 1.82) is 0 Å². The van der Waals surface area contributed by atoms with Gasteiger partial charge >= 0.3 is 0 Å². The number of amides is 2. The summed E-state index contributed by atoms with van der Waals surface area (Å²) in [5.74, 6) is 0.0788. The molecular formula is C26H31N5O4. The number of aromatic nitrogens is 3. The maximum Gasteiger partial charge on any atom is 0.274 e. The van der Waals surface area contributed by atoms with Crippen LogP contribution in [0.5, 0.6) is 0 Å². The number of nitrogens with zero attached hydrogens (tertiary/aromatic N) is 5. The number of imidazole rings is 1. The Kier molecular flexibility index (Phi) is 7.06. The molecule has 0 aromatic carbocycles. The fourth-order valence-electron chi connectivity index (χ4n) is 4.72. The fourth-order valence-corrected chi connectivity index (χ4v) is 4.72. The van der Waals surface area contributed by atoms with Gasteiger partial charge in [-0.3, -0.25) is 14.6 Å². The number of fused-ring (bicyclic) bond motifs is 1. The maximum atomic E-state index is 13.5. The number of pyridine rings is 2. The SMILES string of the molecule is Cc1ccc2nc(C(=O)N3CC(=O)N(CC4CCOCC4)CC(OCc4cccnc4)C3)cn2c1. The maximum absolute atomic E-state index is 13.5. The third kappa shape index (κ3) is 5.68. The molecule has 0 N–H and O–H groups in total. The summed E-state index contributed by atoms with van der Waals surface area (Å²) in [5, 5.41) is 0. The zero-order chi connectivity index (χ0) is 24.2. The minimum absolute atomic E-state index is 0.0156. The van der Waals surface area contributed by atoms with Crippen LogP contribution >= 0.6 is 0 Å². The number of rotatable bonds is 6. The summed E-state index contributed by atoms with van der Waals surface area (Å²) in [5.41, 5.74) is 3.05. The van der Waals surface area contributed by atoms with Crippen LogP contribution in [0.2, 0.25) is 0 Å². The first kappa shape index (κ1) is 23.4. The van der Waals surface area contributed by atoms with Crippen molar-refractivity contribution >= 4 is 17.5 Å². The van der Waals surface area contributed by atoms with E-state index in [1.165, 1.54) is 0 Å². The Morgan fingerprint density at radius 2 is 2.03 bits per heavy atom. The average Bonchev–Trinajstić information content (AvgIpc) is 3.23. The molecule has 35 heavy (non-hydrogen) atoms. The van der Waals surface area contributed by atoms with Crippen LogP contribution in [0.1, 0.15) is 34.5 Å². The zero-order valence-corrected chi connectivity index (χ0v) is 20.0. The number of carbonyl (C=O) groups is 2. The second-order valence-electron chi connectivity index (χ2n) is 9.43. The van der Waals surface area contributed by atoms with Crippen molar-refractivity contribution in [3.05, 3.63) is 65.9 Å². The summed E-state index contributed by atoms with van der Waals surface area (Å²) < 4.78 is 13.6. The van der Waals surface area contributed by atoms with E-state index in [4.69, 9.17) is 9.47 Å². The molecule has 0 bridgehead atoms. The van der Waals surface area contributed by atoms with Gasteiger partial charge in [0, 0.05) is 57.6 Å². The molecule has 0 spiro atoms. The highest BCUT2D eigenvalue weighted by Crippen LogP contribution is 2.20. The molecule has 0 saturated carbocycles. The van der Waals surface area contributed by atoms with Crippen LogP contribution in [-0.2, 0) is 20.9 Å². The standard InChI is InChI=1S/C26H31N5O4/c1-19-4-5-24-28-23(16-29(24)12-19)26(33)31-15-22(35-18-21-3-2-8-27-11-21)14-30(25(32)17-31)13-20-6-9-34-10-7-20/h2-5,8,11-12,16,20,22H,6-7,9-10,13-15,17-18H2,1H3. The van der Waals surface area contributed by atoms with E-state index in [2.05, 4.69) is 9.97 Å². The normalized spacial score (nSPS) is 19.8. The number of carbonyl (C=O) groups excluding carboxylic acids is 2. The van der Waals surface area contributed by atoms with Crippen LogP contribution in [0, 0.1) is 12.8 Å². The lowest BCUT2D eigenvalue weighted by atomic mass is 9.99. The summed E-state index contributed by atoms with van der Waals surface area (Å²) in [7, 11) is 0. The Labute approximate surface area is 204 Å². The van der Waals surface area contributed by atoms with Gasteiger partial charge in [-0.2, -0.15) is 0 Å². The van der Waals surface area contributed by atoms with Gasteiger partial charge < -0.3 is 23.7 Å². The van der Waals surface area contributed by atoms with E-state index in [9.17, 15) is 9.59 Å². The third-order valence-electron chi connectivity index (χ3n) is 6.66. The molecule has 184 valence electrons. The van der Waals surface area contributed by atoms with Crippen molar-refractivity contribution in [1.82, 2.24) is 24.2 Å². The van der Waals surface area contributed by atoms with E-state index in [-0.39, 0.29) is 24.5 Å². The molecule has 2 amide bonds. The minimum Gasteiger partial charge on any atom is -0.381 e. The van der Waals surface area contributed by atoms with Crippen molar-refractivity contribution in [3.8, 4) is 0 Å². The lowest BCUT2D eigenvalue weighted by Crippen LogP contribution is -2.42. The van der Waals surface area contributed by atoms with Crippen LogP contribution in [0.25, 0.3) is 5.65 Å². The first-order valence-electron chi connectivity index (χ1n) is 12.2. The second kappa shape index (κ2) is 10.5. The molecule has 5 rings (SSSR count). The van der Waals surface area contributed by atoms with Gasteiger partial charge in [0.1, 0.15) is 17.9 Å². The summed E-state index contributed by atoms with van der Waals surface area (Å²) in [6.07, 6.45) is 8.71. The first-order chi connectivity index (χ1) is 17.0. The van der Waals surface area contributed by atoms with E-state index < -0.39 is 0 Å². The molecule has 1 unspecified atom stereocenters. The van der Waals surface area contributed by atoms with Crippen LogP contribution in [0.15, 0.2) is 49.1 Å². The Balaban J connectivity index is 1.35. The Bertz CT molecular complexity index is 1170. The smallest absolute Gasteiger partial charge is 0.274 e. The van der Waals surface area contributed by atoms with Gasteiger partial charge in [0.05, 0.1) is 12.7 Å². The Hall–Kier alpha value is -3.30. The quantitative estimate of drug-likeness (QED) is 0.542. The molecule has 9 nitrogen and oxygen atoms in total. The predicted octanol–water partition coefficient (Wildman–Crippen LogP) is 2.33. The van der Waals surface area contributed by atoms with Crippen LogP contribution < -0.4 is 0 Å². The molecule has 2 saturated heterocycles. The van der Waals surface area contributed by atoms with Gasteiger partial charge in [0.15, 0.2) is 0 Å². The number of hydrogen-bond acceptors (Lipinski definition) is 6. The summed E-state index contributed by atoms with van der Waals surface area (Å²) >= 11 is 0. The molecule has 0 radical (unpaired) electrons. The van der Waals surface area contributed by atoms with Crippen molar-refractivity contribution in [3.63, 3.8) is 0 Å². The van der Waals surface area contributed by atoms with E-state index in [1.54, 1.807) is 23.5 Å². The molecule has 2 fully saturated rings. The van der Waals surface area contributed by atoms with Gasteiger partial charge in [-0.25, -0.2) is 4.98 Å². The van der Waals surface area contributed by atoms with Crippen molar-refractivity contribution in [2.24, 2.45) is 5.92 Å². The highest BCUT2D eigenvalue weighted by molar-refractivity contribution is 5.95. The van der Waals surface area contributed by atoms with Crippen molar-refractivity contribution < 1.29 is 19.1 Å². The van der Waals surface area contributed by atoms with Gasteiger partial charge in [-0.05, 0) is 48.9 Å². The van der Waals surface area contributed by atoms with Crippen LogP contribution in [0.4, 0.5) is 0 Å². The van der Waals surface area contributed by atoms with E-state index in [0.717, 1.165) is 37.2 Å². The molecule has 3 aromatic heterocycles. The highest BCUT2D eigenvalue weighted by Gasteiger charge is 2.33. The van der Waals surface area contributed by atoms with Crippen LogP contribution in [-0.4, -0.2) is 81.5 Å². The topological polar surface area (TPSA) is 89.3 Å². The molecule has 3 aromatic rings.